The van der Waals surface area contributed by atoms with E-state index in [1.807, 2.05) is 0 Å². The van der Waals surface area contributed by atoms with Crippen LogP contribution in [0.5, 0.6) is 17.2 Å². The topological polar surface area (TPSA) is 101 Å². The SMILES string of the molecule is Cc1cc(C2=C(c3ccc(O)c(C)c3)[C@H]3[C@@H](S(=O)(=O)Oc4ccccc4F)C[C@@H]2S3=O)ccc1O. The van der Waals surface area contributed by atoms with Crippen LogP contribution in [0.1, 0.15) is 28.7 Å². The molecule has 0 radical (unpaired) electrons. The van der Waals surface area contributed by atoms with Crippen LogP contribution in [0.25, 0.3) is 11.1 Å². The Morgan fingerprint density at radius 3 is 2.06 bits per heavy atom. The number of hydrogen-bond donors (Lipinski definition) is 2. The summed E-state index contributed by atoms with van der Waals surface area (Å²) in [5.74, 6) is -0.987. The first-order valence-corrected chi connectivity index (χ1v) is 13.7. The van der Waals surface area contributed by atoms with Gasteiger partial charge in [0.2, 0.25) is 0 Å². The molecule has 2 aliphatic heterocycles. The summed E-state index contributed by atoms with van der Waals surface area (Å²) in [6.07, 6.45) is 0.0594. The van der Waals surface area contributed by atoms with Gasteiger partial charge in [0.25, 0.3) is 0 Å². The molecule has 6 nitrogen and oxygen atoms in total. The first-order chi connectivity index (χ1) is 16.6. The van der Waals surface area contributed by atoms with Gasteiger partial charge < -0.3 is 14.4 Å². The van der Waals surface area contributed by atoms with Gasteiger partial charge in [-0.15, -0.1) is 0 Å². The molecular formula is C26H23FO6S2. The molecule has 0 saturated carbocycles. The summed E-state index contributed by atoms with van der Waals surface area (Å²) in [7, 11) is -5.91. The summed E-state index contributed by atoms with van der Waals surface area (Å²) in [6, 6.07) is 15.2. The summed E-state index contributed by atoms with van der Waals surface area (Å²) in [5.41, 5.74) is 3.96. The highest BCUT2D eigenvalue weighted by Gasteiger charge is 2.57. The molecule has 0 aromatic heterocycles. The number of benzene rings is 3. The monoisotopic (exact) mass is 514 g/mol. The van der Waals surface area contributed by atoms with Crippen molar-refractivity contribution in [3.63, 3.8) is 0 Å². The number of aryl methyl sites for hydroxylation is 2. The van der Waals surface area contributed by atoms with E-state index in [4.69, 9.17) is 4.18 Å². The molecule has 1 fully saturated rings. The Balaban J connectivity index is 1.66. The van der Waals surface area contributed by atoms with E-state index in [-0.39, 0.29) is 17.9 Å². The average Bonchev–Trinajstić information content (AvgIpc) is 3.29. The molecule has 9 heteroatoms. The molecule has 1 saturated heterocycles. The second-order valence-electron chi connectivity index (χ2n) is 8.85. The number of hydrogen-bond acceptors (Lipinski definition) is 6. The molecule has 5 rings (SSSR count). The van der Waals surface area contributed by atoms with Crippen molar-refractivity contribution < 1.29 is 31.4 Å². The van der Waals surface area contributed by atoms with Gasteiger partial charge >= 0.3 is 10.1 Å². The highest BCUT2D eigenvalue weighted by Crippen LogP contribution is 2.53. The van der Waals surface area contributed by atoms with Crippen LogP contribution in [0.15, 0.2) is 60.7 Å². The van der Waals surface area contributed by atoms with E-state index >= 15 is 0 Å². The van der Waals surface area contributed by atoms with Crippen LogP contribution >= 0.6 is 0 Å². The van der Waals surface area contributed by atoms with Crippen molar-refractivity contribution in [2.45, 2.75) is 36.0 Å². The van der Waals surface area contributed by atoms with E-state index in [1.165, 1.54) is 24.3 Å². The summed E-state index contributed by atoms with van der Waals surface area (Å²) < 4.78 is 59.5. The average molecular weight is 515 g/mol. The third-order valence-electron chi connectivity index (χ3n) is 6.64. The van der Waals surface area contributed by atoms with Crippen LogP contribution in [0, 0.1) is 19.7 Å². The minimum Gasteiger partial charge on any atom is -0.508 e. The number of halogens is 1. The maximum absolute atomic E-state index is 14.1. The lowest BCUT2D eigenvalue weighted by Crippen LogP contribution is -2.36. The van der Waals surface area contributed by atoms with Crippen molar-refractivity contribution >= 4 is 32.1 Å². The first kappa shape index (κ1) is 23.6. The molecule has 35 heavy (non-hydrogen) atoms. The lowest BCUT2D eigenvalue weighted by atomic mass is 9.83. The number of para-hydroxylation sites is 1. The molecule has 1 unspecified atom stereocenters. The van der Waals surface area contributed by atoms with Gasteiger partial charge in [0.1, 0.15) is 16.7 Å². The molecule has 3 aromatic rings. The molecule has 0 spiro atoms. The van der Waals surface area contributed by atoms with E-state index < -0.39 is 48.2 Å². The number of phenolic OH excluding ortho intramolecular Hbond substituents is 2. The quantitative estimate of drug-likeness (QED) is 0.488. The summed E-state index contributed by atoms with van der Waals surface area (Å²) >= 11 is 0. The first-order valence-electron chi connectivity index (χ1n) is 11.0. The van der Waals surface area contributed by atoms with Crippen LogP contribution in [0.3, 0.4) is 0 Å². The summed E-state index contributed by atoms with van der Waals surface area (Å²) in [6.45, 7) is 3.48. The van der Waals surface area contributed by atoms with E-state index in [0.717, 1.165) is 17.2 Å². The molecule has 2 heterocycles. The highest BCUT2D eigenvalue weighted by molar-refractivity contribution is 7.92. The van der Waals surface area contributed by atoms with E-state index in [9.17, 15) is 27.2 Å². The van der Waals surface area contributed by atoms with Gasteiger partial charge in [-0.3, -0.25) is 4.21 Å². The number of phenols is 2. The Hall–Kier alpha value is -3.17. The van der Waals surface area contributed by atoms with Gasteiger partial charge in [-0.2, -0.15) is 8.42 Å². The highest BCUT2D eigenvalue weighted by atomic mass is 32.2. The number of fused-ring (bicyclic) bond motifs is 2. The van der Waals surface area contributed by atoms with Gasteiger partial charge in [-0.05, 0) is 90.1 Å². The number of aromatic hydroxyl groups is 2. The Morgan fingerprint density at radius 2 is 1.49 bits per heavy atom. The minimum atomic E-state index is -4.34. The Labute approximate surface area is 205 Å². The zero-order valence-corrected chi connectivity index (χ0v) is 20.6. The molecule has 2 N–H and O–H groups in total. The predicted molar refractivity (Wildman–Crippen MR) is 133 cm³/mol. The molecule has 0 aliphatic carbocycles. The van der Waals surface area contributed by atoms with E-state index in [0.29, 0.717) is 22.3 Å². The maximum atomic E-state index is 14.1. The fourth-order valence-electron chi connectivity index (χ4n) is 4.89. The Bertz CT molecular complexity index is 1510. The largest absolute Gasteiger partial charge is 0.508 e. The zero-order valence-electron chi connectivity index (χ0n) is 18.9. The van der Waals surface area contributed by atoms with Gasteiger partial charge in [-0.25, -0.2) is 4.39 Å². The van der Waals surface area contributed by atoms with Gasteiger partial charge in [0.05, 0.1) is 10.5 Å². The van der Waals surface area contributed by atoms with E-state index in [1.54, 1.807) is 44.2 Å². The normalized spacial score (nSPS) is 23.6. The van der Waals surface area contributed by atoms with Gasteiger partial charge in [-0.1, -0.05) is 24.3 Å². The molecule has 2 bridgehead atoms. The van der Waals surface area contributed by atoms with Crippen molar-refractivity contribution in [1.82, 2.24) is 0 Å². The zero-order chi connectivity index (χ0) is 25.1. The standard InChI is InChI=1S/C26H23FO6S2/c1-14-11-16(7-9-19(14)28)24-22-13-23(35(31,32)33-21-6-4-3-5-18(21)27)26(34(22)30)25(24)17-8-10-20(29)15(2)12-17/h3-12,22-23,26,28-29H,13H2,1-2H3/t22-,23-,26+,34?/m0/s1. The summed E-state index contributed by atoms with van der Waals surface area (Å²) in [5, 5.41) is 17.4. The lowest BCUT2D eigenvalue weighted by Gasteiger charge is -2.26. The molecule has 0 amide bonds. The predicted octanol–water partition coefficient (Wildman–Crippen LogP) is 4.45. The van der Waals surface area contributed by atoms with Gasteiger partial charge in [0.15, 0.2) is 11.6 Å². The third kappa shape index (κ3) is 3.92. The molecule has 182 valence electrons. The molecule has 4 atom stereocenters. The van der Waals surface area contributed by atoms with Crippen molar-refractivity contribution in [1.29, 1.82) is 0 Å². The minimum absolute atomic E-state index is 0.0594. The van der Waals surface area contributed by atoms with Crippen LogP contribution in [0.2, 0.25) is 0 Å². The van der Waals surface area contributed by atoms with Crippen LogP contribution < -0.4 is 4.18 Å². The van der Waals surface area contributed by atoms with Crippen molar-refractivity contribution in [2.75, 3.05) is 0 Å². The molecular weight excluding hydrogens is 491 g/mol. The Kier molecular flexibility index (Phi) is 5.72. The summed E-state index contributed by atoms with van der Waals surface area (Å²) in [4.78, 5) is 0. The van der Waals surface area contributed by atoms with Crippen LogP contribution in [-0.4, -0.2) is 38.6 Å². The van der Waals surface area contributed by atoms with E-state index in [2.05, 4.69) is 0 Å². The molecule has 3 aromatic carbocycles. The fraction of sp³-hybridized carbons (Fsp3) is 0.231. The smallest absolute Gasteiger partial charge is 0.313 e. The second kappa shape index (κ2) is 8.49. The number of rotatable bonds is 5. The lowest BCUT2D eigenvalue weighted by molar-refractivity contribution is 0.449. The second-order valence-corrected chi connectivity index (χ2v) is 12.3. The van der Waals surface area contributed by atoms with Crippen molar-refractivity contribution in [3.8, 4) is 17.2 Å². The van der Waals surface area contributed by atoms with Crippen LogP contribution in [0.4, 0.5) is 4.39 Å². The Morgan fingerprint density at radius 1 is 0.914 bits per heavy atom. The van der Waals surface area contributed by atoms with Crippen molar-refractivity contribution in [2.24, 2.45) is 0 Å². The maximum Gasteiger partial charge on any atom is 0.313 e. The van der Waals surface area contributed by atoms with Crippen LogP contribution in [-0.2, 0) is 20.9 Å². The van der Waals surface area contributed by atoms with Gasteiger partial charge in [0, 0.05) is 10.8 Å². The fourth-order valence-corrected chi connectivity index (χ4v) is 9.28. The molecule has 2 aliphatic rings. The third-order valence-corrected chi connectivity index (χ3v) is 10.5. The van der Waals surface area contributed by atoms with Crippen molar-refractivity contribution in [3.05, 3.63) is 88.7 Å².